The Balaban J connectivity index is 1.26. The van der Waals surface area contributed by atoms with Gasteiger partial charge in [-0.25, -0.2) is 9.97 Å². The Morgan fingerprint density at radius 1 is 1.03 bits per heavy atom. The summed E-state index contributed by atoms with van der Waals surface area (Å²) in [7, 11) is 1.55. The molecular formula is C26H29F3N8O2. The lowest BCUT2D eigenvalue weighted by atomic mass is 10.1. The van der Waals surface area contributed by atoms with Gasteiger partial charge in [0.25, 0.3) is 0 Å². The summed E-state index contributed by atoms with van der Waals surface area (Å²) in [4.78, 5) is 20.2. The zero-order valence-electron chi connectivity index (χ0n) is 21.5. The molecule has 0 amide bonds. The van der Waals surface area contributed by atoms with Crippen LogP contribution in [0.3, 0.4) is 0 Å². The second-order valence-corrected chi connectivity index (χ2v) is 9.73. The van der Waals surface area contributed by atoms with Crippen molar-refractivity contribution in [3.8, 4) is 11.4 Å². The van der Waals surface area contributed by atoms with E-state index in [0.29, 0.717) is 67.9 Å². The molecule has 1 N–H and O–H groups in total. The maximum Gasteiger partial charge on any atom is 0.434 e. The topological polar surface area (TPSA) is 95.2 Å². The number of benzene rings is 1. The van der Waals surface area contributed by atoms with Crippen LogP contribution in [0.4, 0.5) is 24.9 Å². The summed E-state index contributed by atoms with van der Waals surface area (Å²) in [5.41, 5.74) is 1.99. The number of nitrogens with one attached hydrogen (secondary N) is 1. The number of halogens is 3. The lowest BCUT2D eigenvalue weighted by molar-refractivity contribution is -0.140. The van der Waals surface area contributed by atoms with Crippen molar-refractivity contribution in [2.45, 2.75) is 38.2 Å². The SMILES string of the molecule is Cn1cc(C(F)(F)F)nc1-c1ccc(CNc2nc(N3CCOCC3)nc3c2ncn3C2CCCCO2)cc1. The minimum absolute atomic E-state index is 0.111. The van der Waals surface area contributed by atoms with E-state index in [9.17, 15) is 13.2 Å². The third kappa shape index (κ3) is 5.28. The molecule has 2 aliphatic rings. The van der Waals surface area contributed by atoms with Crippen LogP contribution in [0, 0.1) is 0 Å². The highest BCUT2D eigenvalue weighted by Crippen LogP contribution is 2.32. The maximum atomic E-state index is 13.1. The summed E-state index contributed by atoms with van der Waals surface area (Å²) >= 11 is 0. The molecule has 5 heterocycles. The number of hydrogen-bond donors (Lipinski definition) is 1. The van der Waals surface area contributed by atoms with E-state index in [2.05, 4.69) is 20.2 Å². The number of aryl methyl sites for hydroxylation is 1. The van der Waals surface area contributed by atoms with Crippen molar-refractivity contribution in [3.05, 3.63) is 48.0 Å². The van der Waals surface area contributed by atoms with Gasteiger partial charge in [-0.05, 0) is 24.8 Å². The molecule has 2 fully saturated rings. The number of fused-ring (bicyclic) bond motifs is 1. The monoisotopic (exact) mass is 542 g/mol. The number of rotatable bonds is 6. The van der Waals surface area contributed by atoms with Gasteiger partial charge < -0.3 is 24.3 Å². The third-order valence-electron chi connectivity index (χ3n) is 7.01. The lowest BCUT2D eigenvalue weighted by Gasteiger charge is -2.28. The molecular weight excluding hydrogens is 513 g/mol. The van der Waals surface area contributed by atoms with Crippen LogP contribution in [0.25, 0.3) is 22.6 Å². The fourth-order valence-electron chi connectivity index (χ4n) is 4.92. The number of morpholine rings is 1. The second-order valence-electron chi connectivity index (χ2n) is 9.73. The van der Waals surface area contributed by atoms with Crippen LogP contribution in [-0.4, -0.2) is 62.0 Å². The van der Waals surface area contributed by atoms with Crippen molar-refractivity contribution < 1.29 is 22.6 Å². The predicted octanol–water partition coefficient (Wildman–Crippen LogP) is 4.39. The van der Waals surface area contributed by atoms with Crippen molar-refractivity contribution in [2.75, 3.05) is 43.1 Å². The van der Waals surface area contributed by atoms with Crippen molar-refractivity contribution >= 4 is 22.9 Å². The highest BCUT2D eigenvalue weighted by atomic mass is 19.4. The Kier molecular flexibility index (Phi) is 6.85. The molecule has 4 aromatic rings. The van der Waals surface area contributed by atoms with Gasteiger partial charge in [0, 0.05) is 45.0 Å². The van der Waals surface area contributed by atoms with Gasteiger partial charge in [-0.15, -0.1) is 0 Å². The molecule has 0 bridgehead atoms. The highest BCUT2D eigenvalue weighted by molar-refractivity contribution is 5.84. The molecule has 3 aromatic heterocycles. The van der Waals surface area contributed by atoms with Crippen molar-refractivity contribution in [1.82, 2.24) is 29.1 Å². The molecule has 39 heavy (non-hydrogen) atoms. The first kappa shape index (κ1) is 25.6. The Hall–Kier alpha value is -3.71. The second kappa shape index (κ2) is 10.5. The molecule has 0 saturated carbocycles. The number of aromatic nitrogens is 6. The number of hydrogen-bond acceptors (Lipinski definition) is 8. The fourth-order valence-corrected chi connectivity index (χ4v) is 4.92. The quantitative estimate of drug-likeness (QED) is 0.383. The fraction of sp³-hybridized carbons (Fsp3) is 0.462. The maximum absolute atomic E-state index is 13.1. The molecule has 206 valence electrons. The van der Waals surface area contributed by atoms with Gasteiger partial charge in [-0.1, -0.05) is 24.3 Å². The average molecular weight is 543 g/mol. The summed E-state index contributed by atoms with van der Waals surface area (Å²) in [6, 6.07) is 7.26. The Labute approximate surface area is 222 Å². The Bertz CT molecular complexity index is 1440. The van der Waals surface area contributed by atoms with Gasteiger partial charge >= 0.3 is 6.18 Å². The van der Waals surface area contributed by atoms with E-state index < -0.39 is 11.9 Å². The van der Waals surface area contributed by atoms with Gasteiger partial charge in [0.1, 0.15) is 12.1 Å². The normalized spacial score (nSPS) is 18.6. The van der Waals surface area contributed by atoms with E-state index in [4.69, 9.17) is 19.4 Å². The Morgan fingerprint density at radius 3 is 2.51 bits per heavy atom. The van der Waals surface area contributed by atoms with Crippen LogP contribution in [-0.2, 0) is 29.2 Å². The van der Waals surface area contributed by atoms with Gasteiger partial charge in [0.15, 0.2) is 22.7 Å². The zero-order valence-corrected chi connectivity index (χ0v) is 21.5. The Morgan fingerprint density at radius 2 is 1.82 bits per heavy atom. The van der Waals surface area contributed by atoms with Crippen molar-refractivity contribution in [2.24, 2.45) is 7.05 Å². The van der Waals surface area contributed by atoms with Crippen molar-refractivity contribution in [1.29, 1.82) is 0 Å². The van der Waals surface area contributed by atoms with Gasteiger partial charge in [-0.3, -0.25) is 4.57 Å². The minimum Gasteiger partial charge on any atom is -0.378 e. The third-order valence-corrected chi connectivity index (χ3v) is 7.01. The molecule has 0 aliphatic carbocycles. The number of nitrogens with zero attached hydrogens (tertiary/aromatic N) is 7. The molecule has 13 heteroatoms. The summed E-state index contributed by atoms with van der Waals surface area (Å²) in [6.45, 7) is 3.77. The van der Waals surface area contributed by atoms with E-state index in [1.165, 1.54) is 4.57 Å². The summed E-state index contributed by atoms with van der Waals surface area (Å²) in [5, 5.41) is 3.40. The number of alkyl halides is 3. The first-order chi connectivity index (χ1) is 18.9. The van der Waals surface area contributed by atoms with E-state index in [1.807, 2.05) is 16.7 Å². The van der Waals surface area contributed by atoms with Crippen LogP contribution in [0.1, 0.15) is 36.7 Å². The van der Waals surface area contributed by atoms with Gasteiger partial charge in [0.05, 0.1) is 19.5 Å². The number of anilines is 2. The molecule has 2 aliphatic heterocycles. The van der Waals surface area contributed by atoms with Crippen LogP contribution in [0.15, 0.2) is 36.8 Å². The molecule has 1 aromatic carbocycles. The lowest BCUT2D eigenvalue weighted by Crippen LogP contribution is -2.37. The van der Waals surface area contributed by atoms with E-state index >= 15 is 0 Å². The first-order valence-electron chi connectivity index (χ1n) is 13.0. The summed E-state index contributed by atoms with van der Waals surface area (Å²) in [6.07, 6.45) is 1.20. The highest BCUT2D eigenvalue weighted by Gasteiger charge is 2.34. The molecule has 6 rings (SSSR count). The zero-order chi connectivity index (χ0) is 27.0. The summed E-state index contributed by atoms with van der Waals surface area (Å²) < 4.78 is 54.1. The van der Waals surface area contributed by atoms with Crippen molar-refractivity contribution in [3.63, 3.8) is 0 Å². The van der Waals surface area contributed by atoms with E-state index in [1.54, 1.807) is 25.5 Å². The van der Waals surface area contributed by atoms with E-state index in [0.717, 1.165) is 31.0 Å². The molecule has 0 spiro atoms. The average Bonchev–Trinajstić information content (AvgIpc) is 3.57. The first-order valence-corrected chi connectivity index (χ1v) is 13.0. The van der Waals surface area contributed by atoms with Gasteiger partial charge in [-0.2, -0.15) is 23.1 Å². The van der Waals surface area contributed by atoms with Gasteiger partial charge in [0.2, 0.25) is 5.95 Å². The van der Waals surface area contributed by atoms with E-state index in [-0.39, 0.29) is 12.1 Å². The standard InChI is InChI=1S/C26H29F3N8O2/c1-35-15-19(26(27,28)29)32-23(35)18-7-5-17(6-8-18)14-30-22-21-24(34-25(33-22)36-9-12-38-13-10-36)37(16-31-21)20-4-2-3-11-39-20/h5-8,15-16,20H,2-4,9-14H2,1H3,(H,30,33,34). The van der Waals surface area contributed by atoms with Crippen LogP contribution in [0.2, 0.25) is 0 Å². The molecule has 1 atom stereocenters. The van der Waals surface area contributed by atoms with Crippen LogP contribution >= 0.6 is 0 Å². The molecule has 1 unspecified atom stereocenters. The van der Waals surface area contributed by atoms with Crippen LogP contribution in [0.5, 0.6) is 0 Å². The smallest absolute Gasteiger partial charge is 0.378 e. The largest absolute Gasteiger partial charge is 0.434 e. The minimum atomic E-state index is -4.49. The predicted molar refractivity (Wildman–Crippen MR) is 138 cm³/mol. The van der Waals surface area contributed by atoms with Crippen LogP contribution < -0.4 is 10.2 Å². The molecule has 2 saturated heterocycles. The summed E-state index contributed by atoms with van der Waals surface area (Å²) in [5.74, 6) is 1.47. The molecule has 0 radical (unpaired) electrons. The molecule has 10 nitrogen and oxygen atoms in total. The number of imidazole rings is 2. The number of ether oxygens (including phenoxy) is 2.